The first-order valence-electron chi connectivity index (χ1n) is 6.02. The van der Waals surface area contributed by atoms with E-state index in [4.69, 9.17) is 10.5 Å². The summed E-state index contributed by atoms with van der Waals surface area (Å²) in [5.74, 6) is 0. The van der Waals surface area contributed by atoms with Crippen molar-refractivity contribution in [3.05, 3.63) is 26.8 Å². The number of ether oxygens (including phenoxy) is 1. The number of anilines is 1. The van der Waals surface area contributed by atoms with Crippen molar-refractivity contribution >= 4 is 34.4 Å². The van der Waals surface area contributed by atoms with Crippen molar-refractivity contribution in [2.24, 2.45) is 0 Å². The number of carbonyl (C=O) groups excluding carboxylic acids is 1. The van der Waals surface area contributed by atoms with Crippen molar-refractivity contribution in [3.8, 4) is 0 Å². The molecule has 0 aromatic heterocycles. The minimum absolute atomic E-state index is 0.0751. The number of carbonyl (C=O) groups is 1. The van der Waals surface area contributed by atoms with E-state index >= 15 is 0 Å². The Balaban J connectivity index is 2.86. The van der Waals surface area contributed by atoms with Gasteiger partial charge in [0.2, 0.25) is 0 Å². The first-order valence-corrected chi connectivity index (χ1v) is 7.10. The SMILES string of the molecule is CC(C)(C)OC(=O)NCc1cc(I)c(N)c(C(F)(F)F)c1. The molecular formula is C13H16F3IN2O2. The molecule has 0 fully saturated rings. The second kappa shape index (κ2) is 6.29. The van der Waals surface area contributed by atoms with Gasteiger partial charge in [0.25, 0.3) is 0 Å². The van der Waals surface area contributed by atoms with Crippen LogP contribution in [0.1, 0.15) is 31.9 Å². The molecule has 118 valence electrons. The molecule has 4 nitrogen and oxygen atoms in total. The summed E-state index contributed by atoms with van der Waals surface area (Å²) in [6, 6.07) is 2.41. The lowest BCUT2D eigenvalue weighted by atomic mass is 10.1. The van der Waals surface area contributed by atoms with Crippen LogP contribution in [0.2, 0.25) is 0 Å². The first kappa shape index (κ1) is 17.9. The van der Waals surface area contributed by atoms with E-state index < -0.39 is 23.4 Å². The van der Waals surface area contributed by atoms with Crippen molar-refractivity contribution in [1.82, 2.24) is 5.32 Å². The molecule has 1 rings (SSSR count). The Labute approximate surface area is 134 Å². The number of alkyl halides is 3. The highest BCUT2D eigenvalue weighted by atomic mass is 127. The smallest absolute Gasteiger partial charge is 0.418 e. The molecule has 0 bridgehead atoms. The molecule has 0 radical (unpaired) electrons. The zero-order chi connectivity index (χ0) is 16.4. The van der Waals surface area contributed by atoms with Crippen LogP contribution < -0.4 is 11.1 Å². The first-order chi connectivity index (χ1) is 9.40. The van der Waals surface area contributed by atoms with Crippen LogP contribution in [0.15, 0.2) is 12.1 Å². The van der Waals surface area contributed by atoms with Crippen LogP contribution in [0.5, 0.6) is 0 Å². The maximum absolute atomic E-state index is 12.8. The van der Waals surface area contributed by atoms with Gasteiger partial charge in [-0.25, -0.2) is 4.79 Å². The molecule has 3 N–H and O–H groups in total. The van der Waals surface area contributed by atoms with E-state index in [1.807, 2.05) is 0 Å². The average molecular weight is 416 g/mol. The van der Waals surface area contributed by atoms with E-state index in [0.717, 1.165) is 6.07 Å². The molecule has 0 saturated carbocycles. The molecule has 1 aromatic carbocycles. The normalized spacial score (nSPS) is 12.1. The summed E-state index contributed by atoms with van der Waals surface area (Å²) >= 11 is 1.73. The Morgan fingerprint density at radius 2 is 1.90 bits per heavy atom. The molecule has 1 aromatic rings. The highest BCUT2D eigenvalue weighted by Crippen LogP contribution is 2.36. The van der Waals surface area contributed by atoms with Crippen molar-refractivity contribution in [3.63, 3.8) is 0 Å². The highest BCUT2D eigenvalue weighted by Gasteiger charge is 2.34. The molecule has 0 spiro atoms. The van der Waals surface area contributed by atoms with E-state index in [-0.39, 0.29) is 15.8 Å². The Morgan fingerprint density at radius 1 is 1.33 bits per heavy atom. The highest BCUT2D eigenvalue weighted by molar-refractivity contribution is 14.1. The van der Waals surface area contributed by atoms with Gasteiger partial charge in [-0.15, -0.1) is 0 Å². The molecule has 0 aliphatic heterocycles. The number of benzene rings is 1. The number of halogens is 4. The van der Waals surface area contributed by atoms with Crippen LogP contribution in [-0.4, -0.2) is 11.7 Å². The topological polar surface area (TPSA) is 64.3 Å². The Kier molecular flexibility index (Phi) is 5.35. The van der Waals surface area contributed by atoms with Gasteiger partial charge in [-0.2, -0.15) is 13.2 Å². The second-order valence-electron chi connectivity index (χ2n) is 5.39. The Morgan fingerprint density at radius 3 is 2.38 bits per heavy atom. The number of hydrogen-bond acceptors (Lipinski definition) is 3. The predicted molar refractivity (Wildman–Crippen MR) is 81.6 cm³/mol. The van der Waals surface area contributed by atoms with Crippen molar-refractivity contribution in [2.75, 3.05) is 5.73 Å². The summed E-state index contributed by atoms with van der Waals surface area (Å²) in [6.07, 6.45) is -5.23. The molecule has 0 saturated heterocycles. The molecule has 21 heavy (non-hydrogen) atoms. The summed E-state index contributed by atoms with van der Waals surface area (Å²) in [6.45, 7) is 5.01. The van der Waals surface area contributed by atoms with Crippen molar-refractivity contribution in [1.29, 1.82) is 0 Å². The maximum Gasteiger partial charge on any atom is 0.418 e. The molecule has 1 amide bonds. The number of nitrogen functional groups attached to an aromatic ring is 1. The monoisotopic (exact) mass is 416 g/mol. The van der Waals surface area contributed by atoms with Gasteiger partial charge in [0.05, 0.1) is 11.3 Å². The fourth-order valence-corrected chi connectivity index (χ4v) is 2.19. The molecule has 8 heteroatoms. The van der Waals surface area contributed by atoms with Crippen LogP contribution in [0.4, 0.5) is 23.7 Å². The summed E-state index contributed by atoms with van der Waals surface area (Å²) in [5.41, 5.74) is 3.84. The third-order valence-corrected chi connectivity index (χ3v) is 3.22. The number of alkyl carbamates (subject to hydrolysis) is 1. The largest absolute Gasteiger partial charge is 0.444 e. The number of rotatable bonds is 2. The Bertz CT molecular complexity index is 539. The van der Waals surface area contributed by atoms with Crippen LogP contribution >= 0.6 is 22.6 Å². The lowest BCUT2D eigenvalue weighted by Gasteiger charge is -2.20. The zero-order valence-electron chi connectivity index (χ0n) is 11.8. The van der Waals surface area contributed by atoms with Crippen molar-refractivity contribution in [2.45, 2.75) is 39.1 Å². The molecule has 0 aliphatic carbocycles. The van der Waals surface area contributed by atoms with Gasteiger partial charge in [0.1, 0.15) is 5.60 Å². The summed E-state index contributed by atoms with van der Waals surface area (Å²) < 4.78 is 43.8. The van der Waals surface area contributed by atoms with E-state index in [1.54, 1.807) is 43.4 Å². The third-order valence-electron chi connectivity index (χ3n) is 2.33. The van der Waals surface area contributed by atoms with E-state index in [9.17, 15) is 18.0 Å². The fourth-order valence-electron chi connectivity index (χ4n) is 1.50. The van der Waals surface area contributed by atoms with Gasteiger partial charge in [-0.3, -0.25) is 0 Å². The van der Waals surface area contributed by atoms with Gasteiger partial charge in [0, 0.05) is 10.1 Å². The number of hydrogen-bond donors (Lipinski definition) is 2. The molecule has 0 aliphatic rings. The standard InChI is InChI=1S/C13H16F3IN2O2/c1-12(2,3)21-11(20)19-6-7-4-8(13(14,15)16)10(18)9(17)5-7/h4-5H,6,18H2,1-3H3,(H,19,20). The molecule has 0 heterocycles. The van der Waals surface area contributed by atoms with Crippen LogP contribution in [-0.2, 0) is 17.5 Å². The number of amides is 1. The molecule has 0 unspecified atom stereocenters. The van der Waals surface area contributed by atoms with Crippen LogP contribution in [0.3, 0.4) is 0 Å². The minimum Gasteiger partial charge on any atom is -0.444 e. The summed E-state index contributed by atoms with van der Waals surface area (Å²) in [7, 11) is 0. The van der Waals surface area contributed by atoms with Crippen molar-refractivity contribution < 1.29 is 22.7 Å². The minimum atomic E-state index is -4.54. The third kappa shape index (κ3) is 5.60. The lowest BCUT2D eigenvalue weighted by molar-refractivity contribution is -0.137. The van der Waals surface area contributed by atoms with Crippen LogP contribution in [0.25, 0.3) is 0 Å². The zero-order valence-corrected chi connectivity index (χ0v) is 13.9. The van der Waals surface area contributed by atoms with Gasteiger partial charge >= 0.3 is 12.3 Å². The summed E-state index contributed by atoms with van der Waals surface area (Å²) in [4.78, 5) is 11.5. The van der Waals surface area contributed by atoms with E-state index in [2.05, 4.69) is 5.32 Å². The Hall–Kier alpha value is -1.19. The van der Waals surface area contributed by atoms with Gasteiger partial charge in [-0.1, -0.05) is 0 Å². The molecular weight excluding hydrogens is 400 g/mol. The predicted octanol–water partition coefficient (Wildman–Crippen LogP) is 3.92. The number of nitrogens with one attached hydrogen (secondary N) is 1. The second-order valence-corrected chi connectivity index (χ2v) is 6.55. The van der Waals surface area contributed by atoms with E-state index in [1.165, 1.54) is 6.07 Å². The van der Waals surface area contributed by atoms with Crippen LogP contribution in [0, 0.1) is 3.57 Å². The van der Waals surface area contributed by atoms with E-state index in [0.29, 0.717) is 5.56 Å². The summed E-state index contributed by atoms with van der Waals surface area (Å²) in [5, 5.41) is 2.41. The quantitative estimate of drug-likeness (QED) is 0.568. The fraction of sp³-hybridized carbons (Fsp3) is 0.462. The average Bonchev–Trinajstić information content (AvgIpc) is 2.26. The van der Waals surface area contributed by atoms with Gasteiger partial charge in [-0.05, 0) is 61.1 Å². The van der Waals surface area contributed by atoms with Gasteiger partial charge in [0.15, 0.2) is 0 Å². The lowest BCUT2D eigenvalue weighted by Crippen LogP contribution is -2.32. The maximum atomic E-state index is 12.8. The van der Waals surface area contributed by atoms with Gasteiger partial charge < -0.3 is 15.8 Å². The number of nitrogens with two attached hydrogens (primary N) is 1. The molecule has 0 atom stereocenters.